The van der Waals surface area contributed by atoms with Gasteiger partial charge in [-0.2, -0.15) is 0 Å². The second-order valence-corrected chi connectivity index (χ2v) is 9.60. The van der Waals surface area contributed by atoms with E-state index in [1.807, 2.05) is 39.0 Å². The molecule has 34 heavy (non-hydrogen) atoms. The zero-order valence-corrected chi connectivity index (χ0v) is 20.5. The minimum atomic E-state index is -0.983. The van der Waals surface area contributed by atoms with Gasteiger partial charge in [-0.3, -0.25) is 19.3 Å². The number of rotatable bonds is 8. The van der Waals surface area contributed by atoms with Crippen LogP contribution in [-0.2, 0) is 9.59 Å². The minimum absolute atomic E-state index is 0.291. The van der Waals surface area contributed by atoms with Crippen molar-refractivity contribution in [2.24, 2.45) is 0 Å². The normalized spacial score (nSPS) is 11.9. The van der Waals surface area contributed by atoms with Crippen LogP contribution in [0.4, 0.5) is 5.69 Å². The van der Waals surface area contributed by atoms with Gasteiger partial charge in [-0.25, -0.2) is 0 Å². The van der Waals surface area contributed by atoms with Gasteiger partial charge in [0.1, 0.15) is 11.8 Å². The zero-order chi connectivity index (χ0) is 24.7. The van der Waals surface area contributed by atoms with Crippen molar-refractivity contribution >= 4 is 34.7 Å². The van der Waals surface area contributed by atoms with E-state index >= 15 is 0 Å². The Kier molecular flexibility index (Phi) is 8.07. The Morgan fingerprint density at radius 3 is 2.26 bits per heavy atom. The van der Waals surface area contributed by atoms with Crippen LogP contribution in [0.1, 0.15) is 42.0 Å². The molecule has 1 heterocycles. The molecule has 0 bridgehead atoms. The fourth-order valence-corrected chi connectivity index (χ4v) is 4.11. The summed E-state index contributed by atoms with van der Waals surface area (Å²) in [5.74, 6) is -0.710. The summed E-state index contributed by atoms with van der Waals surface area (Å²) >= 11 is 1.29. The van der Waals surface area contributed by atoms with Crippen LogP contribution in [0.3, 0.4) is 0 Å². The molecule has 0 fully saturated rings. The molecular formula is C26H29N3O4S. The maximum Gasteiger partial charge on any atom is 0.261 e. The van der Waals surface area contributed by atoms with Crippen molar-refractivity contribution in [3.63, 3.8) is 0 Å². The van der Waals surface area contributed by atoms with Gasteiger partial charge in [0.05, 0.1) is 24.2 Å². The highest BCUT2D eigenvalue weighted by Crippen LogP contribution is 2.35. The van der Waals surface area contributed by atoms with Crippen LogP contribution >= 0.6 is 11.3 Å². The lowest BCUT2D eigenvalue weighted by Crippen LogP contribution is -2.51. The number of carbonyl (C=O) groups is 3. The van der Waals surface area contributed by atoms with Crippen LogP contribution in [0, 0.1) is 0 Å². The van der Waals surface area contributed by atoms with E-state index in [9.17, 15) is 14.4 Å². The van der Waals surface area contributed by atoms with Crippen molar-refractivity contribution in [3.8, 4) is 5.75 Å². The maximum atomic E-state index is 13.6. The summed E-state index contributed by atoms with van der Waals surface area (Å²) in [4.78, 5) is 41.6. The summed E-state index contributed by atoms with van der Waals surface area (Å²) in [7, 11) is 1.51. The van der Waals surface area contributed by atoms with E-state index in [4.69, 9.17) is 4.74 Å². The first-order chi connectivity index (χ1) is 16.2. The van der Waals surface area contributed by atoms with E-state index in [0.717, 1.165) is 0 Å². The lowest BCUT2D eigenvalue weighted by molar-refractivity contribution is -0.127. The van der Waals surface area contributed by atoms with E-state index in [1.54, 1.807) is 53.9 Å². The summed E-state index contributed by atoms with van der Waals surface area (Å²) in [6, 6.07) is 18.5. The standard InChI is InChI=1S/C26H29N3O4S/c1-26(2,3)28-25(32)23(18-11-6-5-7-12-18)29(19-13-8-9-14-20(19)33-4)22(30)17-27-24(31)21-15-10-16-34-21/h5-16,23H,17H2,1-4H3,(H,27,31)(H,28,32)/t23-/m1/s1. The van der Waals surface area contributed by atoms with Gasteiger partial charge in [-0.05, 0) is 49.9 Å². The van der Waals surface area contributed by atoms with Gasteiger partial charge in [0, 0.05) is 5.54 Å². The molecule has 0 saturated carbocycles. The van der Waals surface area contributed by atoms with Crippen LogP contribution in [-0.4, -0.2) is 36.9 Å². The second kappa shape index (κ2) is 11.0. The average Bonchev–Trinajstić information content (AvgIpc) is 3.35. The molecule has 178 valence electrons. The van der Waals surface area contributed by atoms with Crippen molar-refractivity contribution in [1.29, 1.82) is 0 Å². The maximum absolute atomic E-state index is 13.6. The Labute approximate surface area is 203 Å². The lowest BCUT2D eigenvalue weighted by Gasteiger charge is -2.34. The van der Waals surface area contributed by atoms with Gasteiger partial charge in [-0.15, -0.1) is 11.3 Å². The van der Waals surface area contributed by atoms with E-state index in [-0.39, 0.29) is 18.4 Å². The molecule has 0 aliphatic heterocycles. The third-order valence-corrected chi connectivity index (χ3v) is 5.75. The number of nitrogens with one attached hydrogen (secondary N) is 2. The highest BCUT2D eigenvalue weighted by molar-refractivity contribution is 7.12. The summed E-state index contributed by atoms with van der Waals surface area (Å²) in [5.41, 5.74) is 0.541. The molecule has 0 saturated heterocycles. The van der Waals surface area contributed by atoms with Gasteiger partial charge in [0.25, 0.3) is 5.91 Å². The molecule has 3 amide bonds. The minimum Gasteiger partial charge on any atom is -0.495 e. The molecule has 2 N–H and O–H groups in total. The fraction of sp³-hybridized carbons (Fsp3) is 0.269. The van der Waals surface area contributed by atoms with Crippen LogP contribution in [0.5, 0.6) is 5.75 Å². The predicted molar refractivity (Wildman–Crippen MR) is 134 cm³/mol. The Hall–Kier alpha value is -3.65. The number of para-hydroxylation sites is 2. The first kappa shape index (κ1) is 25.0. The quantitative estimate of drug-likeness (QED) is 0.508. The van der Waals surface area contributed by atoms with Crippen molar-refractivity contribution in [3.05, 3.63) is 82.6 Å². The van der Waals surface area contributed by atoms with Gasteiger partial charge >= 0.3 is 0 Å². The zero-order valence-electron chi connectivity index (χ0n) is 19.7. The number of anilines is 1. The van der Waals surface area contributed by atoms with Crippen LogP contribution in [0.2, 0.25) is 0 Å². The number of amides is 3. The number of benzene rings is 2. The summed E-state index contributed by atoms with van der Waals surface area (Å²) in [6.45, 7) is 5.34. The Morgan fingerprint density at radius 1 is 0.971 bits per heavy atom. The number of nitrogens with zero attached hydrogens (tertiary/aromatic N) is 1. The lowest BCUT2D eigenvalue weighted by atomic mass is 10.0. The number of carbonyl (C=O) groups excluding carboxylic acids is 3. The summed E-state index contributed by atoms with van der Waals surface area (Å²) in [5, 5.41) is 7.45. The SMILES string of the molecule is COc1ccccc1N(C(=O)CNC(=O)c1cccs1)[C@@H](C(=O)NC(C)(C)C)c1ccccc1. The summed E-state index contributed by atoms with van der Waals surface area (Å²) in [6.07, 6.45) is 0. The Morgan fingerprint density at radius 2 is 1.65 bits per heavy atom. The fourth-order valence-electron chi connectivity index (χ4n) is 3.47. The molecule has 3 aromatic rings. The molecule has 0 aliphatic carbocycles. The third kappa shape index (κ3) is 6.23. The molecule has 2 aromatic carbocycles. The molecule has 3 rings (SSSR count). The third-order valence-electron chi connectivity index (χ3n) is 4.88. The van der Waals surface area contributed by atoms with E-state index in [2.05, 4.69) is 10.6 Å². The molecule has 0 spiro atoms. The van der Waals surface area contributed by atoms with Crippen molar-refractivity contribution in [1.82, 2.24) is 10.6 Å². The highest BCUT2D eigenvalue weighted by Gasteiger charge is 2.35. The molecule has 0 unspecified atom stereocenters. The molecule has 8 heteroatoms. The smallest absolute Gasteiger partial charge is 0.261 e. The number of thiophene rings is 1. The van der Waals surface area contributed by atoms with Crippen LogP contribution in [0.25, 0.3) is 0 Å². The van der Waals surface area contributed by atoms with E-state index in [0.29, 0.717) is 21.9 Å². The predicted octanol–water partition coefficient (Wildman–Crippen LogP) is 4.18. The van der Waals surface area contributed by atoms with Gasteiger partial charge in [0.2, 0.25) is 11.8 Å². The van der Waals surface area contributed by atoms with Crippen molar-refractivity contribution < 1.29 is 19.1 Å². The first-order valence-corrected chi connectivity index (χ1v) is 11.7. The summed E-state index contributed by atoms with van der Waals surface area (Å²) < 4.78 is 5.52. The molecule has 0 aliphatic rings. The molecule has 1 atom stereocenters. The van der Waals surface area contributed by atoms with Crippen LogP contribution < -0.4 is 20.3 Å². The van der Waals surface area contributed by atoms with Gasteiger partial charge in [0.15, 0.2) is 0 Å². The van der Waals surface area contributed by atoms with Gasteiger partial charge in [-0.1, -0.05) is 48.5 Å². The first-order valence-electron chi connectivity index (χ1n) is 10.8. The molecule has 0 radical (unpaired) electrons. The number of methoxy groups -OCH3 is 1. The number of ether oxygens (including phenoxy) is 1. The van der Waals surface area contributed by atoms with E-state index < -0.39 is 17.5 Å². The Balaban J connectivity index is 2.04. The second-order valence-electron chi connectivity index (χ2n) is 8.65. The highest BCUT2D eigenvalue weighted by atomic mass is 32.1. The molecule has 7 nitrogen and oxygen atoms in total. The van der Waals surface area contributed by atoms with Crippen LogP contribution in [0.15, 0.2) is 72.1 Å². The van der Waals surface area contributed by atoms with Gasteiger partial charge < -0.3 is 15.4 Å². The van der Waals surface area contributed by atoms with Crippen molar-refractivity contribution in [2.45, 2.75) is 32.4 Å². The largest absolute Gasteiger partial charge is 0.495 e. The Bertz CT molecular complexity index is 1120. The molecule has 1 aromatic heterocycles. The monoisotopic (exact) mass is 479 g/mol. The number of hydrogen-bond acceptors (Lipinski definition) is 5. The van der Waals surface area contributed by atoms with Crippen molar-refractivity contribution in [2.75, 3.05) is 18.6 Å². The topological polar surface area (TPSA) is 87.7 Å². The molecular weight excluding hydrogens is 450 g/mol. The number of hydrogen-bond donors (Lipinski definition) is 2. The average molecular weight is 480 g/mol. The van der Waals surface area contributed by atoms with E-state index in [1.165, 1.54) is 23.3 Å².